The van der Waals surface area contributed by atoms with Crippen molar-refractivity contribution in [3.63, 3.8) is 0 Å². The van der Waals surface area contributed by atoms with Crippen LogP contribution in [-0.4, -0.2) is 26.7 Å². The predicted octanol–water partition coefficient (Wildman–Crippen LogP) is 0.958. The van der Waals surface area contributed by atoms with Crippen molar-refractivity contribution in [2.24, 2.45) is 0 Å². The molecule has 6 nitrogen and oxygen atoms in total. The molecule has 20 heavy (non-hydrogen) atoms. The minimum absolute atomic E-state index is 0.0631. The molecule has 0 aliphatic carbocycles. The molecule has 102 valence electrons. The van der Waals surface area contributed by atoms with E-state index in [2.05, 4.69) is 15.0 Å². The molecule has 0 amide bonds. The van der Waals surface area contributed by atoms with Gasteiger partial charge >= 0.3 is 0 Å². The maximum Gasteiger partial charge on any atom is 0.276 e. The third kappa shape index (κ3) is 1.96. The standard InChI is InChI=1S/C14H14N4O2/c15-14-17-11-9(6-16-12(11)13(20)18-14)10(7-19)8-4-2-1-3-5-8/h1-6,10,16,19H,7H2,(H3,15,17,18,20)/t10-/m1/s1. The minimum atomic E-state index is -0.316. The van der Waals surface area contributed by atoms with Gasteiger partial charge < -0.3 is 15.8 Å². The number of aliphatic hydroxyl groups is 1. The van der Waals surface area contributed by atoms with Gasteiger partial charge in [0.1, 0.15) is 11.0 Å². The Morgan fingerprint density at radius 2 is 2.05 bits per heavy atom. The first-order valence-corrected chi connectivity index (χ1v) is 6.23. The van der Waals surface area contributed by atoms with Crippen LogP contribution in [0.3, 0.4) is 0 Å². The summed E-state index contributed by atoms with van der Waals surface area (Å²) in [5.41, 5.74) is 7.84. The number of aliphatic hydroxyl groups excluding tert-OH is 1. The highest BCUT2D eigenvalue weighted by molar-refractivity contribution is 5.80. The largest absolute Gasteiger partial charge is 0.395 e. The topological polar surface area (TPSA) is 108 Å². The third-order valence-corrected chi connectivity index (χ3v) is 3.34. The summed E-state index contributed by atoms with van der Waals surface area (Å²) in [7, 11) is 0. The van der Waals surface area contributed by atoms with E-state index in [4.69, 9.17) is 5.73 Å². The molecule has 0 saturated heterocycles. The van der Waals surface area contributed by atoms with Crippen molar-refractivity contribution in [3.05, 3.63) is 58.0 Å². The lowest BCUT2D eigenvalue weighted by Gasteiger charge is -2.13. The highest BCUT2D eigenvalue weighted by atomic mass is 16.3. The average molecular weight is 270 g/mol. The third-order valence-electron chi connectivity index (χ3n) is 3.34. The lowest BCUT2D eigenvalue weighted by molar-refractivity contribution is 0.281. The van der Waals surface area contributed by atoms with Crippen molar-refractivity contribution >= 4 is 17.0 Å². The summed E-state index contributed by atoms with van der Waals surface area (Å²) in [6, 6.07) is 9.57. The van der Waals surface area contributed by atoms with E-state index in [1.807, 2.05) is 30.3 Å². The molecular weight excluding hydrogens is 256 g/mol. The lowest BCUT2D eigenvalue weighted by atomic mass is 9.93. The molecule has 0 aliphatic rings. The Labute approximate surface area is 114 Å². The molecule has 0 unspecified atom stereocenters. The quantitative estimate of drug-likeness (QED) is 0.568. The Balaban J connectivity index is 2.21. The number of aromatic nitrogens is 3. The van der Waals surface area contributed by atoms with Crippen LogP contribution in [-0.2, 0) is 0 Å². The second-order valence-corrected chi connectivity index (χ2v) is 4.56. The van der Waals surface area contributed by atoms with Crippen LogP contribution in [0.5, 0.6) is 0 Å². The molecule has 6 heteroatoms. The first-order valence-electron chi connectivity index (χ1n) is 6.23. The minimum Gasteiger partial charge on any atom is -0.395 e. The zero-order valence-corrected chi connectivity index (χ0v) is 10.6. The predicted molar refractivity (Wildman–Crippen MR) is 76.5 cm³/mol. The number of aromatic amines is 2. The molecule has 5 N–H and O–H groups in total. The second kappa shape index (κ2) is 4.82. The van der Waals surface area contributed by atoms with E-state index in [-0.39, 0.29) is 24.0 Å². The molecule has 1 aromatic carbocycles. The molecule has 0 bridgehead atoms. The lowest BCUT2D eigenvalue weighted by Crippen LogP contribution is -2.12. The van der Waals surface area contributed by atoms with E-state index in [1.54, 1.807) is 6.20 Å². The highest BCUT2D eigenvalue weighted by Crippen LogP contribution is 2.28. The zero-order valence-electron chi connectivity index (χ0n) is 10.6. The highest BCUT2D eigenvalue weighted by Gasteiger charge is 2.19. The van der Waals surface area contributed by atoms with Crippen molar-refractivity contribution in [3.8, 4) is 0 Å². The number of hydrogen-bond acceptors (Lipinski definition) is 4. The Bertz CT molecular complexity index is 792. The van der Waals surface area contributed by atoms with Crippen LogP contribution in [0.4, 0.5) is 5.95 Å². The van der Waals surface area contributed by atoms with Crippen LogP contribution in [0.25, 0.3) is 11.0 Å². The van der Waals surface area contributed by atoms with Gasteiger partial charge in [0, 0.05) is 17.7 Å². The number of nitrogen functional groups attached to an aromatic ring is 1. The van der Waals surface area contributed by atoms with Gasteiger partial charge in [0.05, 0.1) is 6.61 Å². The van der Waals surface area contributed by atoms with Gasteiger partial charge in [-0.05, 0) is 5.56 Å². The number of nitrogens with two attached hydrogens (primary N) is 1. The fourth-order valence-corrected chi connectivity index (χ4v) is 2.39. The molecular formula is C14H14N4O2. The second-order valence-electron chi connectivity index (χ2n) is 4.56. The van der Waals surface area contributed by atoms with Gasteiger partial charge in [-0.1, -0.05) is 30.3 Å². The van der Waals surface area contributed by atoms with Crippen molar-refractivity contribution in [1.82, 2.24) is 15.0 Å². The van der Waals surface area contributed by atoms with Gasteiger partial charge in [0.15, 0.2) is 0 Å². The fraction of sp³-hybridized carbons (Fsp3) is 0.143. The Hall–Kier alpha value is -2.60. The molecule has 3 aromatic rings. The van der Waals surface area contributed by atoms with Gasteiger partial charge in [-0.15, -0.1) is 0 Å². The van der Waals surface area contributed by atoms with Crippen LogP contribution in [0.15, 0.2) is 41.3 Å². The number of anilines is 1. The Morgan fingerprint density at radius 1 is 1.30 bits per heavy atom. The summed E-state index contributed by atoms with van der Waals surface area (Å²) in [5.74, 6) is -0.188. The summed E-state index contributed by atoms with van der Waals surface area (Å²) in [6.45, 7) is -0.0780. The summed E-state index contributed by atoms with van der Waals surface area (Å²) in [6.07, 6.45) is 1.69. The molecule has 0 spiro atoms. The van der Waals surface area contributed by atoms with Gasteiger partial charge in [0.25, 0.3) is 5.56 Å². The van der Waals surface area contributed by atoms with Crippen molar-refractivity contribution in [2.75, 3.05) is 12.3 Å². The summed E-state index contributed by atoms with van der Waals surface area (Å²) < 4.78 is 0. The summed E-state index contributed by atoms with van der Waals surface area (Å²) >= 11 is 0. The first kappa shape index (κ1) is 12.4. The van der Waals surface area contributed by atoms with E-state index >= 15 is 0 Å². The number of nitrogens with zero attached hydrogens (tertiary/aromatic N) is 1. The Kier molecular flexibility index (Phi) is 3.00. The first-order chi connectivity index (χ1) is 9.70. The van der Waals surface area contributed by atoms with E-state index in [0.717, 1.165) is 11.1 Å². The van der Waals surface area contributed by atoms with Crippen LogP contribution in [0.2, 0.25) is 0 Å². The monoisotopic (exact) mass is 270 g/mol. The average Bonchev–Trinajstić information content (AvgIpc) is 2.85. The molecule has 1 atom stereocenters. The fourth-order valence-electron chi connectivity index (χ4n) is 2.39. The van der Waals surface area contributed by atoms with Gasteiger partial charge in [-0.2, -0.15) is 0 Å². The number of rotatable bonds is 3. The van der Waals surface area contributed by atoms with Gasteiger partial charge in [-0.25, -0.2) is 4.98 Å². The van der Waals surface area contributed by atoms with Crippen LogP contribution in [0.1, 0.15) is 17.0 Å². The normalized spacial score (nSPS) is 12.7. The molecule has 2 aromatic heterocycles. The number of hydrogen-bond donors (Lipinski definition) is 4. The zero-order chi connectivity index (χ0) is 14.1. The van der Waals surface area contributed by atoms with Crippen molar-refractivity contribution in [2.45, 2.75) is 5.92 Å². The SMILES string of the molecule is Nc1nc2c([C@H](CO)c3ccccc3)c[nH]c2c(=O)[nH]1. The number of nitrogens with one attached hydrogen (secondary N) is 2. The van der Waals surface area contributed by atoms with E-state index in [0.29, 0.717) is 11.0 Å². The van der Waals surface area contributed by atoms with Crippen LogP contribution in [0, 0.1) is 0 Å². The van der Waals surface area contributed by atoms with Crippen molar-refractivity contribution < 1.29 is 5.11 Å². The molecule has 2 heterocycles. The summed E-state index contributed by atoms with van der Waals surface area (Å²) in [4.78, 5) is 21.3. The Morgan fingerprint density at radius 3 is 2.75 bits per heavy atom. The van der Waals surface area contributed by atoms with Crippen LogP contribution < -0.4 is 11.3 Å². The molecule has 0 radical (unpaired) electrons. The molecule has 0 saturated carbocycles. The van der Waals surface area contributed by atoms with Crippen LogP contribution >= 0.6 is 0 Å². The summed E-state index contributed by atoms with van der Waals surface area (Å²) in [5, 5.41) is 9.69. The van der Waals surface area contributed by atoms with Gasteiger partial charge in [0.2, 0.25) is 5.95 Å². The van der Waals surface area contributed by atoms with E-state index in [9.17, 15) is 9.90 Å². The molecule has 0 fully saturated rings. The molecule has 3 rings (SSSR count). The number of benzene rings is 1. The maximum absolute atomic E-state index is 11.8. The smallest absolute Gasteiger partial charge is 0.276 e. The number of H-pyrrole nitrogens is 2. The van der Waals surface area contributed by atoms with E-state index < -0.39 is 0 Å². The van der Waals surface area contributed by atoms with E-state index in [1.165, 1.54) is 0 Å². The molecule has 0 aliphatic heterocycles. The maximum atomic E-state index is 11.8. The number of fused-ring (bicyclic) bond motifs is 1. The van der Waals surface area contributed by atoms with Gasteiger partial charge in [-0.3, -0.25) is 9.78 Å². The van der Waals surface area contributed by atoms with Crippen molar-refractivity contribution in [1.29, 1.82) is 0 Å².